The van der Waals surface area contributed by atoms with Crippen LogP contribution in [-0.4, -0.2) is 36.2 Å². The van der Waals surface area contributed by atoms with Gasteiger partial charge in [-0.25, -0.2) is 4.39 Å². The van der Waals surface area contributed by atoms with Crippen molar-refractivity contribution in [2.24, 2.45) is 4.99 Å². The fourth-order valence-electron chi connectivity index (χ4n) is 1.67. The maximum Gasteiger partial charge on any atom is 0.159 e. The molecule has 1 aromatic rings. The number of carbonyl (C=O) groups is 1. The van der Waals surface area contributed by atoms with Gasteiger partial charge in [0.2, 0.25) is 0 Å². The second kappa shape index (κ2) is 5.05. The molecule has 0 spiro atoms. The number of hydrogen-bond donors (Lipinski definition) is 2. The lowest BCUT2D eigenvalue weighted by Gasteiger charge is -2.17. The van der Waals surface area contributed by atoms with Gasteiger partial charge in [0.05, 0.1) is 0 Å². The number of nitrogens with one attached hydrogen (secondary N) is 1. The second-order valence-electron chi connectivity index (χ2n) is 3.92. The monoisotopic (exact) mass is 236 g/mol. The average Bonchev–Trinajstić information content (AvgIpc) is 2.32. The van der Waals surface area contributed by atoms with E-state index in [1.54, 1.807) is 0 Å². The van der Waals surface area contributed by atoms with Crippen molar-refractivity contribution >= 4 is 12.0 Å². The summed E-state index contributed by atoms with van der Waals surface area (Å²) in [5, 5.41) is 12.5. The van der Waals surface area contributed by atoms with Crippen LogP contribution < -0.4 is 5.32 Å². The standard InChI is InChI=1S/C12H13FN2O2/c13-9-1-2-11(16)8(5-9)6-15-10-7-14-4-3-12(10)17/h1-2,5-6,10,14,16H,3-4,7H2. The number of piperidine rings is 1. The number of phenols is 1. The van der Waals surface area contributed by atoms with Crippen molar-refractivity contribution in [3.05, 3.63) is 29.6 Å². The predicted molar refractivity (Wildman–Crippen MR) is 61.9 cm³/mol. The molecule has 0 amide bonds. The van der Waals surface area contributed by atoms with Gasteiger partial charge in [-0.1, -0.05) is 0 Å². The molecule has 1 atom stereocenters. The Kier molecular flexibility index (Phi) is 3.49. The van der Waals surface area contributed by atoms with Crippen LogP contribution in [0.1, 0.15) is 12.0 Å². The van der Waals surface area contributed by atoms with Crippen LogP contribution in [0.2, 0.25) is 0 Å². The highest BCUT2D eigenvalue weighted by Gasteiger charge is 2.20. The van der Waals surface area contributed by atoms with Gasteiger partial charge < -0.3 is 10.4 Å². The van der Waals surface area contributed by atoms with E-state index < -0.39 is 11.9 Å². The molecule has 1 aliphatic rings. The molecule has 4 nitrogen and oxygen atoms in total. The Balaban J connectivity index is 2.13. The largest absolute Gasteiger partial charge is 0.507 e. The fourth-order valence-corrected chi connectivity index (χ4v) is 1.67. The van der Waals surface area contributed by atoms with Crippen LogP contribution in [0, 0.1) is 5.82 Å². The summed E-state index contributed by atoms with van der Waals surface area (Å²) in [4.78, 5) is 15.5. The molecule has 1 saturated heterocycles. The maximum atomic E-state index is 12.9. The molecule has 0 saturated carbocycles. The van der Waals surface area contributed by atoms with Gasteiger partial charge in [-0.2, -0.15) is 0 Å². The van der Waals surface area contributed by atoms with E-state index in [4.69, 9.17) is 0 Å². The van der Waals surface area contributed by atoms with Crippen LogP contribution in [0.5, 0.6) is 5.75 Å². The highest BCUT2D eigenvalue weighted by molar-refractivity contribution is 5.90. The molecule has 1 fully saturated rings. The molecule has 5 heteroatoms. The van der Waals surface area contributed by atoms with Gasteiger partial charge in [-0.15, -0.1) is 0 Å². The van der Waals surface area contributed by atoms with Crippen molar-refractivity contribution in [1.29, 1.82) is 0 Å². The molecule has 17 heavy (non-hydrogen) atoms. The molecule has 1 aromatic carbocycles. The summed E-state index contributed by atoms with van der Waals surface area (Å²) in [6.07, 6.45) is 1.80. The number of rotatable bonds is 2. The molecule has 1 aliphatic heterocycles. The Morgan fingerprint density at radius 1 is 1.53 bits per heavy atom. The van der Waals surface area contributed by atoms with Crippen LogP contribution >= 0.6 is 0 Å². The van der Waals surface area contributed by atoms with Crippen molar-refractivity contribution in [2.75, 3.05) is 13.1 Å². The summed E-state index contributed by atoms with van der Waals surface area (Å²) in [7, 11) is 0. The Morgan fingerprint density at radius 3 is 3.12 bits per heavy atom. The summed E-state index contributed by atoms with van der Waals surface area (Å²) >= 11 is 0. The second-order valence-corrected chi connectivity index (χ2v) is 3.92. The van der Waals surface area contributed by atoms with E-state index in [9.17, 15) is 14.3 Å². The third-order valence-electron chi connectivity index (χ3n) is 2.64. The van der Waals surface area contributed by atoms with Crippen LogP contribution in [0.3, 0.4) is 0 Å². The Labute approximate surface area is 98.2 Å². The Bertz CT molecular complexity index is 460. The van der Waals surface area contributed by atoms with Crippen molar-refractivity contribution in [2.45, 2.75) is 12.5 Å². The Hall–Kier alpha value is -1.75. The van der Waals surface area contributed by atoms with E-state index in [-0.39, 0.29) is 17.1 Å². The molecule has 1 unspecified atom stereocenters. The lowest BCUT2D eigenvalue weighted by Crippen LogP contribution is -2.39. The molecular weight excluding hydrogens is 223 g/mol. The van der Waals surface area contributed by atoms with Crippen LogP contribution in [0.4, 0.5) is 4.39 Å². The first kappa shape index (κ1) is 11.7. The van der Waals surface area contributed by atoms with Crippen LogP contribution in [-0.2, 0) is 4.79 Å². The van der Waals surface area contributed by atoms with E-state index in [1.165, 1.54) is 24.4 Å². The summed E-state index contributed by atoms with van der Waals surface area (Å²) in [6.45, 7) is 1.17. The van der Waals surface area contributed by atoms with Crippen molar-refractivity contribution < 1.29 is 14.3 Å². The van der Waals surface area contributed by atoms with Gasteiger partial charge in [-0.3, -0.25) is 9.79 Å². The molecule has 0 bridgehead atoms. The van der Waals surface area contributed by atoms with Gasteiger partial charge in [0, 0.05) is 31.3 Å². The minimum atomic E-state index is -0.447. The first-order valence-corrected chi connectivity index (χ1v) is 5.42. The summed E-state index contributed by atoms with van der Waals surface area (Å²) in [5.74, 6) is -0.431. The van der Waals surface area contributed by atoms with Crippen LogP contribution in [0.25, 0.3) is 0 Å². The van der Waals surface area contributed by atoms with Gasteiger partial charge in [0.25, 0.3) is 0 Å². The quantitative estimate of drug-likeness (QED) is 0.749. The van der Waals surface area contributed by atoms with Crippen molar-refractivity contribution in [3.63, 3.8) is 0 Å². The van der Waals surface area contributed by atoms with E-state index in [1.807, 2.05) is 0 Å². The number of benzene rings is 1. The lowest BCUT2D eigenvalue weighted by atomic mass is 10.1. The normalized spacial score (nSPS) is 21.0. The third-order valence-corrected chi connectivity index (χ3v) is 2.64. The summed E-state index contributed by atoms with van der Waals surface area (Å²) in [5.41, 5.74) is 0.281. The number of halogens is 1. The molecule has 0 aromatic heterocycles. The zero-order chi connectivity index (χ0) is 12.3. The molecule has 90 valence electrons. The lowest BCUT2D eigenvalue weighted by molar-refractivity contribution is -0.120. The number of hydrogen-bond acceptors (Lipinski definition) is 4. The van der Waals surface area contributed by atoms with E-state index in [0.717, 1.165) is 0 Å². The zero-order valence-electron chi connectivity index (χ0n) is 9.19. The van der Waals surface area contributed by atoms with E-state index >= 15 is 0 Å². The van der Waals surface area contributed by atoms with Crippen molar-refractivity contribution in [1.82, 2.24) is 5.32 Å². The number of ketones is 1. The predicted octanol–water partition coefficient (Wildman–Crippen LogP) is 0.881. The molecule has 0 radical (unpaired) electrons. The Morgan fingerprint density at radius 2 is 2.35 bits per heavy atom. The first-order chi connectivity index (χ1) is 8.16. The fraction of sp³-hybridized carbons (Fsp3) is 0.333. The van der Waals surface area contributed by atoms with Gasteiger partial charge in [0.15, 0.2) is 5.78 Å². The number of phenolic OH excluding ortho intramolecular Hbond substituents is 1. The third kappa shape index (κ3) is 2.88. The molecular formula is C12H13FN2O2. The minimum Gasteiger partial charge on any atom is -0.507 e. The zero-order valence-corrected chi connectivity index (χ0v) is 9.19. The number of aliphatic imine (C=N–C) groups is 1. The van der Waals surface area contributed by atoms with Crippen molar-refractivity contribution in [3.8, 4) is 5.75 Å². The van der Waals surface area contributed by atoms with E-state index in [0.29, 0.717) is 19.5 Å². The summed E-state index contributed by atoms with van der Waals surface area (Å²) in [6, 6.07) is 3.17. The number of nitrogens with zero attached hydrogens (tertiary/aromatic N) is 1. The van der Waals surface area contributed by atoms with Crippen LogP contribution in [0.15, 0.2) is 23.2 Å². The topological polar surface area (TPSA) is 61.7 Å². The highest BCUT2D eigenvalue weighted by atomic mass is 19.1. The molecule has 2 rings (SSSR count). The molecule has 1 heterocycles. The van der Waals surface area contributed by atoms with E-state index in [2.05, 4.69) is 10.3 Å². The smallest absolute Gasteiger partial charge is 0.159 e. The maximum absolute atomic E-state index is 12.9. The van der Waals surface area contributed by atoms with Gasteiger partial charge in [0.1, 0.15) is 17.6 Å². The molecule has 2 N–H and O–H groups in total. The first-order valence-electron chi connectivity index (χ1n) is 5.42. The summed E-state index contributed by atoms with van der Waals surface area (Å²) < 4.78 is 12.9. The highest BCUT2D eigenvalue weighted by Crippen LogP contribution is 2.16. The van der Waals surface area contributed by atoms with Gasteiger partial charge >= 0.3 is 0 Å². The number of Topliss-reactive ketones (excluding diaryl/α,β-unsaturated/α-hetero) is 1. The molecule has 0 aliphatic carbocycles. The number of carbonyl (C=O) groups excluding carboxylic acids is 1. The number of aromatic hydroxyl groups is 1. The SMILES string of the molecule is O=C1CCNCC1N=Cc1cc(F)ccc1O. The average molecular weight is 236 g/mol. The van der Waals surface area contributed by atoms with Gasteiger partial charge in [-0.05, 0) is 18.2 Å². The minimum absolute atomic E-state index is 0.0497.